The molecule has 0 aromatic heterocycles. The summed E-state index contributed by atoms with van der Waals surface area (Å²) in [6.45, 7) is 1.49. The maximum absolute atomic E-state index is 11.0. The molecule has 1 atom stereocenters. The molecule has 0 heterocycles. The van der Waals surface area contributed by atoms with Crippen molar-refractivity contribution in [3.05, 3.63) is 34.9 Å². The molecule has 0 aliphatic heterocycles. The lowest BCUT2D eigenvalue weighted by Gasteiger charge is -2.11. The number of amides is 1. The second-order valence-electron chi connectivity index (χ2n) is 3.49. The molecule has 0 saturated carbocycles. The maximum atomic E-state index is 11.0. The van der Waals surface area contributed by atoms with Crippen LogP contribution in [0.25, 0.3) is 0 Å². The Labute approximate surface area is 88.3 Å². The first kappa shape index (κ1) is 11.7. The minimum atomic E-state index is -0.799. The third-order valence-electron chi connectivity index (χ3n) is 2.38. The van der Waals surface area contributed by atoms with Crippen LogP contribution in [0.4, 0.5) is 0 Å². The topological polar surface area (TPSA) is 83.6 Å². The van der Waals surface area contributed by atoms with Gasteiger partial charge in [0.2, 0.25) is 5.91 Å². The van der Waals surface area contributed by atoms with Crippen molar-refractivity contribution < 1.29 is 15.0 Å². The van der Waals surface area contributed by atoms with E-state index < -0.39 is 12.0 Å². The monoisotopic (exact) mass is 209 g/mol. The number of aliphatic hydroxyl groups is 2. The fourth-order valence-corrected chi connectivity index (χ4v) is 1.49. The Balaban J connectivity index is 2.99. The highest BCUT2D eigenvalue weighted by Crippen LogP contribution is 2.15. The molecule has 4 N–H and O–H groups in total. The minimum absolute atomic E-state index is 0.291. The zero-order chi connectivity index (χ0) is 11.4. The Bertz CT molecular complexity index is 363. The van der Waals surface area contributed by atoms with Crippen molar-refractivity contribution in [1.82, 2.24) is 0 Å². The predicted molar refractivity (Wildman–Crippen MR) is 56.5 cm³/mol. The SMILES string of the molecule is Cc1c(C[C@H](O)CO)cccc1C(N)=O. The molecule has 0 aliphatic rings. The van der Waals surface area contributed by atoms with Crippen molar-refractivity contribution in [3.63, 3.8) is 0 Å². The normalized spacial score (nSPS) is 12.5. The Morgan fingerprint density at radius 1 is 1.53 bits per heavy atom. The summed E-state index contributed by atoms with van der Waals surface area (Å²) in [5.74, 6) is -0.479. The second-order valence-corrected chi connectivity index (χ2v) is 3.49. The van der Waals surface area contributed by atoms with E-state index in [4.69, 9.17) is 10.8 Å². The van der Waals surface area contributed by atoms with E-state index >= 15 is 0 Å². The van der Waals surface area contributed by atoms with Crippen LogP contribution in [0.2, 0.25) is 0 Å². The van der Waals surface area contributed by atoms with E-state index in [1.165, 1.54) is 0 Å². The summed E-state index contributed by atoms with van der Waals surface area (Å²) in [4.78, 5) is 11.0. The number of carbonyl (C=O) groups is 1. The van der Waals surface area contributed by atoms with Crippen molar-refractivity contribution in [2.24, 2.45) is 5.73 Å². The summed E-state index contributed by atoms with van der Waals surface area (Å²) in [5.41, 5.74) is 7.24. The highest BCUT2D eigenvalue weighted by atomic mass is 16.3. The summed E-state index contributed by atoms with van der Waals surface area (Å²) in [6, 6.07) is 5.17. The summed E-state index contributed by atoms with van der Waals surface area (Å²) >= 11 is 0. The number of nitrogens with two attached hydrogens (primary N) is 1. The Hall–Kier alpha value is -1.39. The highest BCUT2D eigenvalue weighted by Gasteiger charge is 2.11. The van der Waals surface area contributed by atoms with Crippen LogP contribution in [-0.4, -0.2) is 28.8 Å². The number of benzene rings is 1. The average molecular weight is 209 g/mol. The Morgan fingerprint density at radius 2 is 2.20 bits per heavy atom. The van der Waals surface area contributed by atoms with Gasteiger partial charge < -0.3 is 15.9 Å². The van der Waals surface area contributed by atoms with Gasteiger partial charge in [0, 0.05) is 12.0 Å². The lowest BCUT2D eigenvalue weighted by Crippen LogP contribution is -2.18. The molecule has 82 valence electrons. The first-order valence-electron chi connectivity index (χ1n) is 4.73. The molecule has 0 aliphatic carbocycles. The van der Waals surface area contributed by atoms with Gasteiger partial charge in [0.15, 0.2) is 0 Å². The van der Waals surface area contributed by atoms with Gasteiger partial charge in [0.1, 0.15) is 0 Å². The van der Waals surface area contributed by atoms with E-state index in [1.54, 1.807) is 25.1 Å². The van der Waals surface area contributed by atoms with Crippen LogP contribution in [0.3, 0.4) is 0 Å². The van der Waals surface area contributed by atoms with Crippen molar-refractivity contribution in [1.29, 1.82) is 0 Å². The highest BCUT2D eigenvalue weighted by molar-refractivity contribution is 5.94. The first-order valence-corrected chi connectivity index (χ1v) is 4.73. The standard InChI is InChI=1S/C11H15NO3/c1-7-8(5-9(14)6-13)3-2-4-10(7)11(12)15/h2-4,9,13-14H,5-6H2,1H3,(H2,12,15)/t9-/m0/s1. The molecule has 4 nitrogen and oxygen atoms in total. The van der Waals surface area contributed by atoms with Gasteiger partial charge in [-0.05, 0) is 24.1 Å². The van der Waals surface area contributed by atoms with Gasteiger partial charge in [-0.25, -0.2) is 0 Å². The molecule has 0 fully saturated rings. The van der Waals surface area contributed by atoms with E-state index in [9.17, 15) is 9.90 Å². The number of hydrogen-bond donors (Lipinski definition) is 3. The Morgan fingerprint density at radius 3 is 2.73 bits per heavy atom. The third-order valence-corrected chi connectivity index (χ3v) is 2.38. The number of carbonyl (C=O) groups excluding carboxylic acids is 1. The van der Waals surface area contributed by atoms with Gasteiger partial charge in [-0.3, -0.25) is 4.79 Å². The van der Waals surface area contributed by atoms with Gasteiger partial charge in [-0.2, -0.15) is 0 Å². The molecular formula is C11H15NO3. The molecule has 0 bridgehead atoms. The molecule has 0 radical (unpaired) electrons. The number of aliphatic hydroxyl groups excluding tert-OH is 2. The molecular weight excluding hydrogens is 194 g/mol. The van der Waals surface area contributed by atoms with Crippen LogP contribution in [0.15, 0.2) is 18.2 Å². The van der Waals surface area contributed by atoms with Crippen LogP contribution < -0.4 is 5.73 Å². The van der Waals surface area contributed by atoms with Gasteiger partial charge in [0.05, 0.1) is 12.7 Å². The van der Waals surface area contributed by atoms with Crippen LogP contribution >= 0.6 is 0 Å². The fourth-order valence-electron chi connectivity index (χ4n) is 1.49. The van der Waals surface area contributed by atoms with E-state index in [2.05, 4.69) is 0 Å². The zero-order valence-corrected chi connectivity index (χ0v) is 8.60. The molecule has 0 saturated heterocycles. The molecule has 1 rings (SSSR count). The molecule has 0 spiro atoms. The Kier molecular flexibility index (Phi) is 3.82. The van der Waals surface area contributed by atoms with Gasteiger partial charge in [0.25, 0.3) is 0 Å². The number of hydrogen-bond acceptors (Lipinski definition) is 3. The smallest absolute Gasteiger partial charge is 0.248 e. The molecule has 0 unspecified atom stereocenters. The van der Waals surface area contributed by atoms with Gasteiger partial charge in [-0.15, -0.1) is 0 Å². The van der Waals surface area contributed by atoms with Crippen molar-refractivity contribution in [2.75, 3.05) is 6.61 Å². The molecule has 1 aromatic rings. The largest absolute Gasteiger partial charge is 0.394 e. The lowest BCUT2D eigenvalue weighted by molar-refractivity contribution is 0.0951. The molecule has 15 heavy (non-hydrogen) atoms. The third kappa shape index (κ3) is 2.78. The second kappa shape index (κ2) is 4.91. The van der Waals surface area contributed by atoms with Crippen LogP contribution in [0, 0.1) is 6.92 Å². The maximum Gasteiger partial charge on any atom is 0.248 e. The van der Waals surface area contributed by atoms with Crippen molar-refractivity contribution >= 4 is 5.91 Å². The minimum Gasteiger partial charge on any atom is -0.394 e. The molecule has 1 aromatic carbocycles. The number of primary amides is 1. The molecule has 1 amide bonds. The summed E-state index contributed by atoms with van der Waals surface area (Å²) < 4.78 is 0. The van der Waals surface area contributed by atoms with Crippen LogP contribution in [-0.2, 0) is 6.42 Å². The lowest BCUT2D eigenvalue weighted by atomic mass is 9.98. The van der Waals surface area contributed by atoms with Gasteiger partial charge >= 0.3 is 0 Å². The summed E-state index contributed by atoms with van der Waals surface area (Å²) in [5, 5.41) is 18.0. The number of rotatable bonds is 4. The van der Waals surface area contributed by atoms with E-state index in [0.29, 0.717) is 12.0 Å². The average Bonchev–Trinajstić information content (AvgIpc) is 2.20. The van der Waals surface area contributed by atoms with Crippen LogP contribution in [0.1, 0.15) is 21.5 Å². The van der Waals surface area contributed by atoms with Crippen molar-refractivity contribution in [2.45, 2.75) is 19.4 Å². The zero-order valence-electron chi connectivity index (χ0n) is 8.60. The summed E-state index contributed by atoms with van der Waals surface area (Å²) in [7, 11) is 0. The van der Waals surface area contributed by atoms with E-state index in [0.717, 1.165) is 11.1 Å². The van der Waals surface area contributed by atoms with Gasteiger partial charge in [-0.1, -0.05) is 12.1 Å². The molecule has 4 heteroatoms. The quantitative estimate of drug-likeness (QED) is 0.652. The van der Waals surface area contributed by atoms with E-state index in [1.807, 2.05) is 0 Å². The predicted octanol–water partition coefficient (Wildman–Crippen LogP) is -0.0104. The summed E-state index contributed by atoms with van der Waals surface area (Å²) in [6.07, 6.45) is -0.476. The van der Waals surface area contributed by atoms with Crippen LogP contribution in [0.5, 0.6) is 0 Å². The van der Waals surface area contributed by atoms with E-state index in [-0.39, 0.29) is 6.61 Å². The first-order chi connectivity index (χ1) is 7.06. The van der Waals surface area contributed by atoms with Crippen molar-refractivity contribution in [3.8, 4) is 0 Å². The fraction of sp³-hybridized carbons (Fsp3) is 0.364.